The van der Waals surface area contributed by atoms with Gasteiger partial charge in [-0.2, -0.15) is 0 Å². The molecule has 0 unspecified atom stereocenters. The van der Waals surface area contributed by atoms with Crippen LogP contribution in [0.25, 0.3) is 0 Å². The van der Waals surface area contributed by atoms with Gasteiger partial charge in [0.05, 0.1) is 11.6 Å². The normalized spacial score (nSPS) is 10.5. The number of ether oxygens (including phenoxy) is 1. The van der Waals surface area contributed by atoms with Crippen molar-refractivity contribution in [1.82, 2.24) is 5.32 Å². The predicted molar refractivity (Wildman–Crippen MR) is 74.4 cm³/mol. The first-order valence-corrected chi connectivity index (χ1v) is 6.72. The predicted octanol–water partition coefficient (Wildman–Crippen LogP) is 4.15. The van der Waals surface area contributed by atoms with Gasteiger partial charge in [0.15, 0.2) is 0 Å². The van der Waals surface area contributed by atoms with Crippen LogP contribution in [0.2, 0.25) is 10.0 Å². The van der Waals surface area contributed by atoms with Crippen molar-refractivity contribution >= 4 is 23.2 Å². The van der Waals surface area contributed by atoms with Gasteiger partial charge >= 0.3 is 0 Å². The third-order valence-electron chi connectivity index (χ3n) is 2.47. The summed E-state index contributed by atoms with van der Waals surface area (Å²) in [7, 11) is 1.98. The summed E-state index contributed by atoms with van der Waals surface area (Å²) in [5.41, 5.74) is 0. The minimum absolute atomic E-state index is 0.577. The van der Waals surface area contributed by atoms with Gasteiger partial charge in [-0.05, 0) is 44.6 Å². The van der Waals surface area contributed by atoms with Crippen LogP contribution in [0.15, 0.2) is 18.2 Å². The molecule has 0 aromatic heterocycles. The highest BCUT2D eigenvalue weighted by Gasteiger charge is 2.01. The molecule has 0 saturated carbocycles. The number of benzene rings is 1. The van der Waals surface area contributed by atoms with Crippen molar-refractivity contribution in [3.63, 3.8) is 0 Å². The molecular formula is C13H19Cl2NO. The van der Waals surface area contributed by atoms with E-state index in [1.54, 1.807) is 12.1 Å². The van der Waals surface area contributed by atoms with Gasteiger partial charge in [-0.25, -0.2) is 0 Å². The molecule has 1 N–H and O–H groups in total. The molecule has 0 saturated heterocycles. The molecule has 0 spiro atoms. The Labute approximate surface area is 113 Å². The summed E-state index contributed by atoms with van der Waals surface area (Å²) in [6.07, 6.45) is 4.70. The Balaban J connectivity index is 2.14. The minimum atomic E-state index is 0.577. The van der Waals surface area contributed by atoms with Crippen LogP contribution in [-0.2, 0) is 0 Å². The zero-order valence-corrected chi connectivity index (χ0v) is 11.7. The van der Waals surface area contributed by atoms with Gasteiger partial charge in [-0.3, -0.25) is 0 Å². The topological polar surface area (TPSA) is 21.3 Å². The molecule has 0 radical (unpaired) electrons. The van der Waals surface area contributed by atoms with Crippen molar-refractivity contribution in [3.8, 4) is 5.75 Å². The molecule has 1 aromatic carbocycles. The van der Waals surface area contributed by atoms with E-state index < -0.39 is 0 Å². The second-order valence-corrected chi connectivity index (χ2v) is 4.78. The van der Waals surface area contributed by atoms with Gasteiger partial charge in [-0.1, -0.05) is 36.0 Å². The maximum absolute atomic E-state index is 5.99. The smallest absolute Gasteiger partial charge is 0.137 e. The van der Waals surface area contributed by atoms with Gasteiger partial charge in [-0.15, -0.1) is 0 Å². The monoisotopic (exact) mass is 275 g/mol. The molecular weight excluding hydrogens is 257 g/mol. The Hall–Kier alpha value is -0.440. The first-order chi connectivity index (χ1) is 8.24. The van der Waals surface area contributed by atoms with Crippen LogP contribution >= 0.6 is 23.2 Å². The molecule has 0 atom stereocenters. The molecule has 1 aromatic rings. The SMILES string of the molecule is CNCCCCCCOc1ccc(Cl)cc1Cl. The summed E-state index contributed by atoms with van der Waals surface area (Å²) in [4.78, 5) is 0. The van der Waals surface area contributed by atoms with Crippen LogP contribution < -0.4 is 10.1 Å². The van der Waals surface area contributed by atoms with E-state index in [-0.39, 0.29) is 0 Å². The van der Waals surface area contributed by atoms with Crippen molar-refractivity contribution in [1.29, 1.82) is 0 Å². The van der Waals surface area contributed by atoms with Crippen molar-refractivity contribution in [2.45, 2.75) is 25.7 Å². The van der Waals surface area contributed by atoms with E-state index in [1.807, 2.05) is 13.1 Å². The summed E-state index contributed by atoms with van der Waals surface area (Å²) < 4.78 is 5.59. The van der Waals surface area contributed by atoms with E-state index in [0.29, 0.717) is 22.4 Å². The Kier molecular flexibility index (Phi) is 7.41. The number of halogens is 2. The lowest BCUT2D eigenvalue weighted by Gasteiger charge is -2.08. The number of hydrogen-bond acceptors (Lipinski definition) is 2. The third kappa shape index (κ3) is 6.16. The molecule has 0 amide bonds. The number of hydrogen-bond donors (Lipinski definition) is 1. The molecule has 0 heterocycles. The van der Waals surface area contributed by atoms with Gasteiger partial charge in [0, 0.05) is 5.02 Å². The van der Waals surface area contributed by atoms with Crippen molar-refractivity contribution in [2.75, 3.05) is 20.2 Å². The van der Waals surface area contributed by atoms with Crippen LogP contribution in [0, 0.1) is 0 Å². The van der Waals surface area contributed by atoms with Gasteiger partial charge in [0.25, 0.3) is 0 Å². The van der Waals surface area contributed by atoms with Crippen LogP contribution in [0.4, 0.5) is 0 Å². The highest BCUT2D eigenvalue weighted by Crippen LogP contribution is 2.27. The zero-order chi connectivity index (χ0) is 12.5. The van der Waals surface area contributed by atoms with Crippen molar-refractivity contribution < 1.29 is 4.74 Å². The van der Waals surface area contributed by atoms with E-state index in [1.165, 1.54) is 19.3 Å². The van der Waals surface area contributed by atoms with E-state index in [0.717, 1.165) is 13.0 Å². The number of rotatable bonds is 8. The molecule has 96 valence electrons. The van der Waals surface area contributed by atoms with Crippen LogP contribution in [-0.4, -0.2) is 20.2 Å². The van der Waals surface area contributed by atoms with E-state index in [4.69, 9.17) is 27.9 Å². The molecule has 2 nitrogen and oxygen atoms in total. The Bertz CT molecular complexity index is 331. The first-order valence-electron chi connectivity index (χ1n) is 5.96. The van der Waals surface area contributed by atoms with E-state index in [9.17, 15) is 0 Å². The minimum Gasteiger partial charge on any atom is -0.492 e. The average Bonchev–Trinajstić information content (AvgIpc) is 2.30. The lowest BCUT2D eigenvalue weighted by atomic mass is 10.2. The largest absolute Gasteiger partial charge is 0.492 e. The average molecular weight is 276 g/mol. The summed E-state index contributed by atoms with van der Waals surface area (Å²) in [5.74, 6) is 0.714. The molecule has 0 fully saturated rings. The maximum Gasteiger partial charge on any atom is 0.137 e. The second kappa shape index (κ2) is 8.62. The van der Waals surface area contributed by atoms with Crippen LogP contribution in [0.1, 0.15) is 25.7 Å². The third-order valence-corrected chi connectivity index (χ3v) is 3.00. The molecule has 0 bridgehead atoms. The molecule has 0 aliphatic carbocycles. The van der Waals surface area contributed by atoms with Gasteiger partial charge < -0.3 is 10.1 Å². The first kappa shape index (κ1) is 14.6. The quantitative estimate of drug-likeness (QED) is 0.720. The molecule has 17 heavy (non-hydrogen) atoms. The summed E-state index contributed by atoms with van der Waals surface area (Å²) in [6.45, 7) is 1.80. The summed E-state index contributed by atoms with van der Waals surface area (Å²) in [6, 6.07) is 5.30. The van der Waals surface area contributed by atoms with Crippen molar-refractivity contribution in [2.24, 2.45) is 0 Å². The molecule has 0 aliphatic rings. The zero-order valence-electron chi connectivity index (χ0n) is 10.1. The second-order valence-electron chi connectivity index (χ2n) is 3.94. The standard InChI is InChI=1S/C13H19Cl2NO/c1-16-8-4-2-3-5-9-17-13-7-6-11(14)10-12(13)15/h6-7,10,16H,2-5,8-9H2,1H3. The van der Waals surface area contributed by atoms with Gasteiger partial charge in [0.2, 0.25) is 0 Å². The molecule has 0 aliphatic heterocycles. The fraction of sp³-hybridized carbons (Fsp3) is 0.538. The summed E-state index contributed by atoms with van der Waals surface area (Å²) >= 11 is 11.8. The molecule has 1 rings (SSSR count). The highest BCUT2D eigenvalue weighted by molar-refractivity contribution is 6.35. The van der Waals surface area contributed by atoms with Crippen LogP contribution in [0.5, 0.6) is 5.75 Å². The fourth-order valence-electron chi connectivity index (χ4n) is 1.53. The Morgan fingerprint density at radius 3 is 2.59 bits per heavy atom. The lowest BCUT2D eigenvalue weighted by molar-refractivity contribution is 0.305. The Morgan fingerprint density at radius 1 is 1.12 bits per heavy atom. The van der Waals surface area contributed by atoms with Crippen LogP contribution in [0.3, 0.4) is 0 Å². The lowest BCUT2D eigenvalue weighted by Crippen LogP contribution is -2.07. The number of unbranched alkanes of at least 4 members (excludes halogenated alkanes) is 3. The number of nitrogens with one attached hydrogen (secondary N) is 1. The van der Waals surface area contributed by atoms with Gasteiger partial charge in [0.1, 0.15) is 5.75 Å². The summed E-state index contributed by atoms with van der Waals surface area (Å²) in [5, 5.41) is 4.35. The molecule has 4 heteroatoms. The highest BCUT2D eigenvalue weighted by atomic mass is 35.5. The van der Waals surface area contributed by atoms with E-state index >= 15 is 0 Å². The fourth-order valence-corrected chi connectivity index (χ4v) is 1.99. The maximum atomic E-state index is 5.99. The Morgan fingerprint density at radius 2 is 1.88 bits per heavy atom. The van der Waals surface area contributed by atoms with E-state index in [2.05, 4.69) is 5.32 Å². The van der Waals surface area contributed by atoms with Crippen molar-refractivity contribution in [3.05, 3.63) is 28.2 Å².